The first-order valence-electron chi connectivity index (χ1n) is 6.73. The van der Waals surface area contributed by atoms with Crippen LogP contribution in [0.15, 0.2) is 24.3 Å². The second-order valence-corrected chi connectivity index (χ2v) is 6.49. The summed E-state index contributed by atoms with van der Waals surface area (Å²) in [6, 6.07) is 3.94. The van der Waals surface area contributed by atoms with Crippen LogP contribution >= 0.6 is 11.3 Å². The molecule has 0 spiro atoms. The summed E-state index contributed by atoms with van der Waals surface area (Å²) in [6.45, 7) is 3.95. The number of allylic oxidation sites excluding steroid dienone is 2. The first kappa shape index (κ1) is 14.8. The van der Waals surface area contributed by atoms with Gasteiger partial charge in [0.15, 0.2) is 0 Å². The van der Waals surface area contributed by atoms with Crippen molar-refractivity contribution in [2.45, 2.75) is 32.7 Å². The maximum atomic E-state index is 12.3. The van der Waals surface area contributed by atoms with Gasteiger partial charge in [-0.3, -0.25) is 9.59 Å². The number of hydrogen-bond donors (Lipinski definition) is 2. The van der Waals surface area contributed by atoms with Gasteiger partial charge in [-0.05, 0) is 38.8 Å². The first-order chi connectivity index (χ1) is 9.49. The Morgan fingerprint density at radius 3 is 2.50 bits per heavy atom. The predicted molar refractivity (Wildman–Crippen MR) is 78.6 cm³/mol. The average Bonchev–Trinajstić information content (AvgIpc) is 2.85. The van der Waals surface area contributed by atoms with Gasteiger partial charge in [-0.15, -0.1) is 11.3 Å². The molecule has 1 aliphatic rings. The van der Waals surface area contributed by atoms with Crippen molar-refractivity contribution in [3.05, 3.63) is 34.0 Å². The molecule has 5 heteroatoms. The molecule has 0 aliphatic heterocycles. The average molecular weight is 293 g/mol. The molecular formula is C15H19NO3S. The van der Waals surface area contributed by atoms with Crippen LogP contribution in [0, 0.1) is 18.8 Å². The number of carboxylic acid groups (broad SMARTS) is 1. The van der Waals surface area contributed by atoms with Crippen molar-refractivity contribution in [1.29, 1.82) is 0 Å². The molecule has 1 amide bonds. The highest BCUT2D eigenvalue weighted by atomic mass is 32.1. The van der Waals surface area contributed by atoms with E-state index in [1.54, 1.807) is 11.3 Å². The molecule has 3 atom stereocenters. The van der Waals surface area contributed by atoms with Gasteiger partial charge < -0.3 is 10.4 Å². The van der Waals surface area contributed by atoms with Crippen LogP contribution in [0.1, 0.15) is 35.6 Å². The molecule has 0 saturated carbocycles. The molecule has 0 bridgehead atoms. The number of nitrogens with one attached hydrogen (secondary N) is 1. The predicted octanol–water partition coefficient (Wildman–Crippen LogP) is 2.90. The smallest absolute Gasteiger partial charge is 0.307 e. The summed E-state index contributed by atoms with van der Waals surface area (Å²) in [4.78, 5) is 25.8. The Balaban J connectivity index is 2.03. The molecule has 20 heavy (non-hydrogen) atoms. The number of aliphatic carboxylic acids is 1. The minimum Gasteiger partial charge on any atom is -0.481 e. The zero-order valence-corrected chi connectivity index (χ0v) is 12.4. The maximum Gasteiger partial charge on any atom is 0.307 e. The molecule has 1 aromatic heterocycles. The molecule has 0 radical (unpaired) electrons. The SMILES string of the molecule is Cc1ccc(C(C)NC(=O)[C@@H]2CC=CC[C@@H]2C(=O)O)s1. The van der Waals surface area contributed by atoms with E-state index < -0.39 is 17.8 Å². The number of hydrogen-bond acceptors (Lipinski definition) is 3. The van der Waals surface area contributed by atoms with Crippen LogP contribution < -0.4 is 5.32 Å². The van der Waals surface area contributed by atoms with E-state index in [0.717, 1.165) is 4.88 Å². The Hall–Kier alpha value is -1.62. The van der Waals surface area contributed by atoms with Gasteiger partial charge in [0, 0.05) is 9.75 Å². The molecule has 108 valence electrons. The fourth-order valence-corrected chi connectivity index (χ4v) is 3.33. The number of amides is 1. The van der Waals surface area contributed by atoms with Crippen LogP contribution in [-0.2, 0) is 9.59 Å². The fraction of sp³-hybridized carbons (Fsp3) is 0.467. The van der Waals surface area contributed by atoms with Crippen LogP contribution in [0.2, 0.25) is 0 Å². The van der Waals surface area contributed by atoms with Crippen LogP contribution in [0.3, 0.4) is 0 Å². The highest BCUT2D eigenvalue weighted by molar-refractivity contribution is 7.12. The molecule has 1 heterocycles. The number of carbonyl (C=O) groups is 2. The molecule has 1 unspecified atom stereocenters. The highest BCUT2D eigenvalue weighted by Crippen LogP contribution is 2.28. The number of thiophene rings is 1. The molecular weight excluding hydrogens is 274 g/mol. The van der Waals surface area contributed by atoms with E-state index in [4.69, 9.17) is 0 Å². The van der Waals surface area contributed by atoms with Gasteiger partial charge in [0.25, 0.3) is 0 Å². The van der Waals surface area contributed by atoms with E-state index in [2.05, 4.69) is 5.32 Å². The molecule has 0 fully saturated rings. The van der Waals surface area contributed by atoms with Gasteiger partial charge in [0.2, 0.25) is 5.91 Å². The summed E-state index contributed by atoms with van der Waals surface area (Å²) in [5, 5.41) is 12.1. The lowest BCUT2D eigenvalue weighted by Crippen LogP contribution is -2.39. The van der Waals surface area contributed by atoms with E-state index >= 15 is 0 Å². The zero-order valence-electron chi connectivity index (χ0n) is 11.6. The molecule has 0 aromatic carbocycles. The van der Waals surface area contributed by atoms with Gasteiger partial charge in [-0.25, -0.2) is 0 Å². The van der Waals surface area contributed by atoms with Crippen molar-refractivity contribution in [2.75, 3.05) is 0 Å². The van der Waals surface area contributed by atoms with Crippen molar-refractivity contribution in [2.24, 2.45) is 11.8 Å². The lowest BCUT2D eigenvalue weighted by atomic mass is 9.82. The van der Waals surface area contributed by atoms with Crippen molar-refractivity contribution >= 4 is 23.2 Å². The van der Waals surface area contributed by atoms with Crippen LogP contribution in [0.5, 0.6) is 0 Å². The summed E-state index contributed by atoms with van der Waals surface area (Å²) in [5.41, 5.74) is 0. The molecule has 1 aliphatic carbocycles. The minimum absolute atomic E-state index is 0.0819. The standard InChI is InChI=1S/C15H19NO3S/c1-9-7-8-13(20-9)10(2)16-14(17)11-5-3-4-6-12(11)15(18)19/h3-4,7-8,10-12H,5-6H2,1-2H3,(H,16,17)(H,18,19)/t10?,11-,12+/m1/s1. The topological polar surface area (TPSA) is 66.4 Å². The van der Waals surface area contributed by atoms with Crippen molar-refractivity contribution in [3.63, 3.8) is 0 Å². The number of rotatable bonds is 4. The highest BCUT2D eigenvalue weighted by Gasteiger charge is 2.34. The Labute approximate surface area is 122 Å². The van der Waals surface area contributed by atoms with Crippen molar-refractivity contribution in [3.8, 4) is 0 Å². The fourth-order valence-electron chi connectivity index (χ4n) is 2.45. The molecule has 2 rings (SSSR count). The lowest BCUT2D eigenvalue weighted by molar-refractivity contribution is -0.147. The Morgan fingerprint density at radius 2 is 1.95 bits per heavy atom. The first-order valence-corrected chi connectivity index (χ1v) is 7.55. The van der Waals surface area contributed by atoms with Crippen molar-refractivity contribution < 1.29 is 14.7 Å². The normalized spacial score (nSPS) is 23.3. The van der Waals surface area contributed by atoms with Gasteiger partial charge in [-0.1, -0.05) is 12.2 Å². The summed E-state index contributed by atoms with van der Waals surface area (Å²) in [6.07, 6.45) is 4.66. The van der Waals surface area contributed by atoms with Gasteiger partial charge in [0.05, 0.1) is 17.9 Å². The number of carboxylic acids is 1. The molecule has 0 saturated heterocycles. The van der Waals surface area contributed by atoms with Gasteiger partial charge in [-0.2, -0.15) is 0 Å². The van der Waals surface area contributed by atoms with E-state index in [1.807, 2.05) is 38.1 Å². The summed E-state index contributed by atoms with van der Waals surface area (Å²) in [7, 11) is 0. The van der Waals surface area contributed by atoms with Crippen LogP contribution in [-0.4, -0.2) is 17.0 Å². The Bertz CT molecular complexity index is 535. The Morgan fingerprint density at radius 1 is 1.30 bits per heavy atom. The zero-order chi connectivity index (χ0) is 14.7. The quantitative estimate of drug-likeness (QED) is 0.839. The monoisotopic (exact) mass is 293 g/mol. The van der Waals surface area contributed by atoms with E-state index in [-0.39, 0.29) is 11.9 Å². The molecule has 4 nitrogen and oxygen atoms in total. The maximum absolute atomic E-state index is 12.3. The third kappa shape index (κ3) is 3.28. The van der Waals surface area contributed by atoms with E-state index in [1.165, 1.54) is 4.88 Å². The number of aryl methyl sites for hydroxylation is 1. The van der Waals surface area contributed by atoms with Gasteiger partial charge >= 0.3 is 5.97 Å². The minimum atomic E-state index is -0.894. The van der Waals surface area contributed by atoms with E-state index in [9.17, 15) is 14.7 Å². The van der Waals surface area contributed by atoms with Crippen LogP contribution in [0.25, 0.3) is 0 Å². The largest absolute Gasteiger partial charge is 0.481 e. The second kappa shape index (κ2) is 6.22. The van der Waals surface area contributed by atoms with Crippen molar-refractivity contribution in [1.82, 2.24) is 5.32 Å². The van der Waals surface area contributed by atoms with E-state index in [0.29, 0.717) is 12.8 Å². The lowest BCUT2D eigenvalue weighted by Gasteiger charge is -2.25. The summed E-state index contributed by atoms with van der Waals surface area (Å²) in [5.74, 6) is -2.15. The third-order valence-electron chi connectivity index (χ3n) is 3.63. The van der Waals surface area contributed by atoms with Crippen LogP contribution in [0.4, 0.5) is 0 Å². The summed E-state index contributed by atoms with van der Waals surface area (Å²) < 4.78 is 0. The Kier molecular flexibility index (Phi) is 4.60. The molecule has 2 N–H and O–H groups in total. The second-order valence-electron chi connectivity index (χ2n) is 5.17. The van der Waals surface area contributed by atoms with Gasteiger partial charge in [0.1, 0.15) is 0 Å². The summed E-state index contributed by atoms with van der Waals surface area (Å²) >= 11 is 1.65. The number of carbonyl (C=O) groups excluding carboxylic acids is 1. The molecule has 1 aromatic rings. The third-order valence-corrected chi connectivity index (χ3v) is 4.82.